The molecule has 2 rings (SSSR count). The van der Waals surface area contributed by atoms with E-state index in [0.29, 0.717) is 6.42 Å². The van der Waals surface area contributed by atoms with Gasteiger partial charge in [0.15, 0.2) is 5.96 Å². The van der Waals surface area contributed by atoms with Crippen molar-refractivity contribution in [1.29, 1.82) is 0 Å². The Bertz CT molecular complexity index is 586. The highest BCUT2D eigenvalue weighted by Gasteiger charge is 2.25. The Hall–Kier alpha value is -1.32. The molecular weight excluding hydrogens is 431 g/mol. The molecule has 0 aromatic carbocycles. The number of hydrogen-bond acceptors (Lipinski definition) is 3. The molecule has 2 N–H and O–H groups in total. The van der Waals surface area contributed by atoms with Gasteiger partial charge < -0.3 is 15.5 Å². The van der Waals surface area contributed by atoms with Crippen molar-refractivity contribution in [3.05, 3.63) is 17.5 Å². The summed E-state index contributed by atoms with van der Waals surface area (Å²) in [6, 6.07) is 2.37. The van der Waals surface area contributed by atoms with Crippen LogP contribution in [0.5, 0.6) is 0 Å². The maximum Gasteiger partial charge on any atom is 0.222 e. The highest BCUT2D eigenvalue weighted by molar-refractivity contribution is 14.0. The molecule has 1 amide bonds. The quantitative estimate of drug-likeness (QED) is 0.292. The monoisotopic (exact) mass is 462 g/mol. The number of hydrogen-bond donors (Lipinski definition) is 2. The van der Waals surface area contributed by atoms with Crippen molar-refractivity contribution >= 4 is 35.8 Å². The Labute approximate surface area is 167 Å². The van der Waals surface area contributed by atoms with Crippen molar-refractivity contribution in [1.82, 2.24) is 25.3 Å². The zero-order chi connectivity index (χ0) is 17.5. The van der Waals surface area contributed by atoms with E-state index in [1.807, 2.05) is 23.4 Å². The lowest BCUT2D eigenvalue weighted by atomic mass is 10.3. The molecule has 7 nitrogen and oxygen atoms in total. The van der Waals surface area contributed by atoms with Gasteiger partial charge in [0.25, 0.3) is 0 Å². The largest absolute Gasteiger partial charge is 0.356 e. The van der Waals surface area contributed by atoms with Crippen LogP contribution in [0.25, 0.3) is 0 Å². The Balaban J connectivity index is 0.00000312. The predicted molar refractivity (Wildman–Crippen MR) is 112 cm³/mol. The van der Waals surface area contributed by atoms with Crippen molar-refractivity contribution in [3.63, 3.8) is 0 Å². The SMILES string of the molecule is CCC(=O)N1CCC(NC(=NC)NCCCn2nc(C)cc2C)C1.I. The van der Waals surface area contributed by atoms with E-state index >= 15 is 0 Å². The summed E-state index contributed by atoms with van der Waals surface area (Å²) in [6.45, 7) is 9.33. The van der Waals surface area contributed by atoms with Crippen LogP contribution in [0, 0.1) is 13.8 Å². The summed E-state index contributed by atoms with van der Waals surface area (Å²) in [7, 11) is 1.78. The lowest BCUT2D eigenvalue weighted by Gasteiger charge is -2.18. The minimum absolute atomic E-state index is 0. The Kier molecular flexibility index (Phi) is 9.23. The maximum absolute atomic E-state index is 11.7. The molecule has 0 radical (unpaired) electrons. The van der Waals surface area contributed by atoms with Crippen LogP contribution in [-0.4, -0.2) is 59.3 Å². The first-order chi connectivity index (χ1) is 11.5. The summed E-state index contributed by atoms with van der Waals surface area (Å²) in [4.78, 5) is 17.9. The van der Waals surface area contributed by atoms with E-state index in [1.165, 1.54) is 5.69 Å². The number of nitrogens with zero attached hydrogens (tertiary/aromatic N) is 4. The van der Waals surface area contributed by atoms with Gasteiger partial charge in [-0.2, -0.15) is 5.10 Å². The van der Waals surface area contributed by atoms with Crippen LogP contribution < -0.4 is 10.6 Å². The molecule has 1 atom stereocenters. The highest BCUT2D eigenvalue weighted by Crippen LogP contribution is 2.10. The third kappa shape index (κ3) is 6.48. The lowest BCUT2D eigenvalue weighted by molar-refractivity contribution is -0.129. The Morgan fingerprint density at radius 3 is 2.80 bits per heavy atom. The highest BCUT2D eigenvalue weighted by atomic mass is 127. The van der Waals surface area contributed by atoms with Crippen LogP contribution in [0.2, 0.25) is 0 Å². The van der Waals surface area contributed by atoms with Gasteiger partial charge in [0.05, 0.1) is 5.69 Å². The Morgan fingerprint density at radius 2 is 2.20 bits per heavy atom. The number of aliphatic imine (C=N–C) groups is 1. The number of likely N-dealkylation sites (tertiary alicyclic amines) is 1. The fraction of sp³-hybridized carbons (Fsp3) is 0.706. The molecule has 1 saturated heterocycles. The molecule has 25 heavy (non-hydrogen) atoms. The van der Waals surface area contributed by atoms with Crippen LogP contribution in [-0.2, 0) is 11.3 Å². The van der Waals surface area contributed by atoms with Gasteiger partial charge in [0.2, 0.25) is 5.91 Å². The number of amides is 1. The average molecular weight is 462 g/mol. The van der Waals surface area contributed by atoms with E-state index < -0.39 is 0 Å². The first-order valence-electron chi connectivity index (χ1n) is 8.79. The van der Waals surface area contributed by atoms with Crippen LogP contribution in [0.4, 0.5) is 0 Å². The molecule has 142 valence electrons. The first-order valence-corrected chi connectivity index (χ1v) is 8.79. The maximum atomic E-state index is 11.7. The summed E-state index contributed by atoms with van der Waals surface area (Å²) in [5.74, 6) is 1.03. The number of halogens is 1. The molecule has 0 bridgehead atoms. The van der Waals surface area contributed by atoms with Crippen LogP contribution in [0.1, 0.15) is 37.6 Å². The van der Waals surface area contributed by atoms with Gasteiger partial charge in [-0.1, -0.05) is 6.92 Å². The smallest absolute Gasteiger partial charge is 0.222 e. The molecule has 1 aromatic rings. The minimum Gasteiger partial charge on any atom is -0.356 e. The predicted octanol–water partition coefficient (Wildman–Crippen LogP) is 1.68. The van der Waals surface area contributed by atoms with Crippen molar-refractivity contribution in [2.75, 3.05) is 26.7 Å². The molecule has 1 aliphatic rings. The fourth-order valence-electron chi connectivity index (χ4n) is 3.05. The minimum atomic E-state index is 0. The molecule has 1 fully saturated rings. The van der Waals surface area contributed by atoms with Crippen molar-refractivity contribution in [3.8, 4) is 0 Å². The van der Waals surface area contributed by atoms with Crippen LogP contribution in [0.3, 0.4) is 0 Å². The van der Waals surface area contributed by atoms with E-state index in [2.05, 4.69) is 33.7 Å². The number of nitrogens with one attached hydrogen (secondary N) is 2. The molecule has 0 saturated carbocycles. The number of guanidine groups is 1. The van der Waals surface area contributed by atoms with E-state index in [1.54, 1.807) is 7.05 Å². The van der Waals surface area contributed by atoms with Gasteiger partial charge in [-0.15, -0.1) is 24.0 Å². The van der Waals surface area contributed by atoms with E-state index in [0.717, 1.165) is 50.7 Å². The van der Waals surface area contributed by atoms with Gasteiger partial charge in [0.1, 0.15) is 0 Å². The van der Waals surface area contributed by atoms with Gasteiger partial charge in [-0.25, -0.2) is 0 Å². The topological polar surface area (TPSA) is 74.6 Å². The second-order valence-electron chi connectivity index (χ2n) is 6.33. The molecule has 1 unspecified atom stereocenters. The van der Waals surface area contributed by atoms with Gasteiger partial charge in [-0.3, -0.25) is 14.5 Å². The standard InChI is InChI=1S/C17H30N6O.HI/c1-5-16(24)22-10-7-15(12-22)20-17(18-4)19-8-6-9-23-14(3)11-13(2)21-23;/h11,15H,5-10,12H2,1-4H3,(H2,18,19,20);1H. The number of rotatable bonds is 6. The van der Waals surface area contributed by atoms with Gasteiger partial charge >= 0.3 is 0 Å². The zero-order valence-electron chi connectivity index (χ0n) is 15.7. The second kappa shape index (κ2) is 10.6. The van der Waals surface area contributed by atoms with Crippen molar-refractivity contribution < 1.29 is 4.79 Å². The van der Waals surface area contributed by atoms with E-state index in [9.17, 15) is 4.79 Å². The molecule has 0 spiro atoms. The normalized spacial score (nSPS) is 17.4. The van der Waals surface area contributed by atoms with Crippen LogP contribution >= 0.6 is 24.0 Å². The number of carbonyl (C=O) groups excluding carboxylic acids is 1. The summed E-state index contributed by atoms with van der Waals surface area (Å²) in [5, 5.41) is 11.2. The summed E-state index contributed by atoms with van der Waals surface area (Å²) in [6.07, 6.45) is 2.53. The van der Waals surface area contributed by atoms with E-state index in [4.69, 9.17) is 0 Å². The third-order valence-corrected chi connectivity index (χ3v) is 4.35. The summed E-state index contributed by atoms with van der Waals surface area (Å²) in [5.41, 5.74) is 2.26. The lowest BCUT2D eigenvalue weighted by Crippen LogP contribution is -2.45. The number of aryl methyl sites for hydroxylation is 3. The molecule has 1 aliphatic heterocycles. The molecule has 0 aliphatic carbocycles. The first kappa shape index (κ1) is 21.7. The van der Waals surface area contributed by atoms with Crippen molar-refractivity contribution in [2.45, 2.75) is 52.6 Å². The fourth-order valence-corrected chi connectivity index (χ4v) is 3.05. The van der Waals surface area contributed by atoms with E-state index in [-0.39, 0.29) is 35.9 Å². The average Bonchev–Trinajstić information content (AvgIpc) is 3.15. The zero-order valence-corrected chi connectivity index (χ0v) is 18.0. The molecule has 8 heteroatoms. The summed E-state index contributed by atoms with van der Waals surface area (Å²) < 4.78 is 2.04. The Morgan fingerprint density at radius 1 is 1.44 bits per heavy atom. The van der Waals surface area contributed by atoms with Gasteiger partial charge in [0, 0.05) is 51.4 Å². The third-order valence-electron chi connectivity index (χ3n) is 4.35. The molecular formula is C17H31IN6O. The number of aromatic nitrogens is 2. The van der Waals surface area contributed by atoms with Crippen molar-refractivity contribution in [2.24, 2.45) is 4.99 Å². The molecule has 1 aromatic heterocycles. The number of carbonyl (C=O) groups is 1. The van der Waals surface area contributed by atoms with Crippen LogP contribution in [0.15, 0.2) is 11.1 Å². The second-order valence-corrected chi connectivity index (χ2v) is 6.33. The molecule has 2 heterocycles. The van der Waals surface area contributed by atoms with Gasteiger partial charge in [-0.05, 0) is 32.8 Å². The summed E-state index contributed by atoms with van der Waals surface area (Å²) >= 11 is 0.